The van der Waals surface area contributed by atoms with Crippen LogP contribution in [-0.4, -0.2) is 25.6 Å². The molecule has 1 heterocycles. The molecular weight excluding hydrogens is 294 g/mol. The van der Waals surface area contributed by atoms with Crippen molar-refractivity contribution in [1.82, 2.24) is 14.8 Å². The molecule has 1 aliphatic rings. The standard InChI is InChI=1S/C17H23N3OS/c1-13-18-19-17(20(13)15-10-6-3-7-11-15)22-12-16(21)14-8-4-2-5-9-14/h2,4-5,8-9,15-16,21H,3,6-7,10-12H2,1H3. The van der Waals surface area contributed by atoms with Gasteiger partial charge in [0.15, 0.2) is 5.16 Å². The van der Waals surface area contributed by atoms with E-state index in [0.29, 0.717) is 11.8 Å². The minimum Gasteiger partial charge on any atom is -0.388 e. The average Bonchev–Trinajstić information content (AvgIpc) is 2.95. The highest BCUT2D eigenvalue weighted by molar-refractivity contribution is 7.99. The largest absolute Gasteiger partial charge is 0.388 e. The van der Waals surface area contributed by atoms with E-state index in [2.05, 4.69) is 14.8 Å². The Morgan fingerprint density at radius 3 is 2.64 bits per heavy atom. The van der Waals surface area contributed by atoms with E-state index in [1.165, 1.54) is 32.1 Å². The van der Waals surface area contributed by atoms with Crippen molar-refractivity contribution in [3.05, 3.63) is 41.7 Å². The second kappa shape index (κ2) is 7.29. The van der Waals surface area contributed by atoms with Gasteiger partial charge in [0, 0.05) is 11.8 Å². The van der Waals surface area contributed by atoms with E-state index in [9.17, 15) is 5.11 Å². The third-order valence-corrected chi connectivity index (χ3v) is 5.35. The van der Waals surface area contributed by atoms with Gasteiger partial charge in [-0.2, -0.15) is 0 Å². The number of nitrogens with zero attached hydrogens (tertiary/aromatic N) is 3. The minimum atomic E-state index is -0.469. The molecule has 1 unspecified atom stereocenters. The summed E-state index contributed by atoms with van der Waals surface area (Å²) in [7, 11) is 0. The molecule has 3 rings (SSSR count). The lowest BCUT2D eigenvalue weighted by atomic mass is 9.95. The van der Waals surface area contributed by atoms with Gasteiger partial charge in [-0.3, -0.25) is 0 Å². The van der Waals surface area contributed by atoms with Crippen LogP contribution in [0, 0.1) is 6.92 Å². The smallest absolute Gasteiger partial charge is 0.191 e. The predicted octanol–water partition coefficient (Wildman–Crippen LogP) is 3.92. The summed E-state index contributed by atoms with van der Waals surface area (Å²) in [4.78, 5) is 0. The predicted molar refractivity (Wildman–Crippen MR) is 89.0 cm³/mol. The van der Waals surface area contributed by atoms with Crippen LogP contribution in [0.3, 0.4) is 0 Å². The van der Waals surface area contributed by atoms with E-state index in [-0.39, 0.29) is 0 Å². The molecule has 0 spiro atoms. The Balaban J connectivity index is 1.68. The van der Waals surface area contributed by atoms with Crippen molar-refractivity contribution in [2.75, 3.05) is 5.75 Å². The SMILES string of the molecule is Cc1nnc(SCC(O)c2ccccc2)n1C1CCCCC1. The number of hydrogen-bond acceptors (Lipinski definition) is 4. The van der Waals surface area contributed by atoms with Crippen LogP contribution in [0.2, 0.25) is 0 Å². The Kier molecular flexibility index (Phi) is 5.16. The van der Waals surface area contributed by atoms with E-state index in [4.69, 9.17) is 0 Å². The monoisotopic (exact) mass is 317 g/mol. The third kappa shape index (κ3) is 3.52. The van der Waals surface area contributed by atoms with Crippen molar-refractivity contribution in [3.8, 4) is 0 Å². The molecule has 0 bridgehead atoms. The van der Waals surface area contributed by atoms with Gasteiger partial charge in [0.05, 0.1) is 6.10 Å². The quantitative estimate of drug-likeness (QED) is 0.849. The maximum atomic E-state index is 10.3. The van der Waals surface area contributed by atoms with Crippen molar-refractivity contribution in [2.24, 2.45) is 0 Å². The molecule has 1 fully saturated rings. The van der Waals surface area contributed by atoms with Crippen LogP contribution in [-0.2, 0) is 0 Å². The number of aliphatic hydroxyl groups is 1. The molecule has 1 atom stereocenters. The summed E-state index contributed by atoms with van der Waals surface area (Å²) in [6.07, 6.45) is 5.88. The fraction of sp³-hybridized carbons (Fsp3) is 0.529. The number of benzene rings is 1. The van der Waals surface area contributed by atoms with Crippen molar-refractivity contribution in [3.63, 3.8) is 0 Å². The second-order valence-corrected chi connectivity index (χ2v) is 6.92. The molecule has 1 aromatic heterocycles. The van der Waals surface area contributed by atoms with E-state index in [1.807, 2.05) is 37.3 Å². The van der Waals surface area contributed by atoms with E-state index < -0.39 is 6.10 Å². The fourth-order valence-corrected chi connectivity index (χ4v) is 4.15. The first kappa shape index (κ1) is 15.6. The summed E-state index contributed by atoms with van der Waals surface area (Å²) in [5.74, 6) is 1.60. The second-order valence-electron chi connectivity index (χ2n) is 5.93. The summed E-state index contributed by atoms with van der Waals surface area (Å²) in [6, 6.07) is 10.3. The van der Waals surface area contributed by atoms with Crippen LogP contribution in [0.5, 0.6) is 0 Å². The van der Waals surface area contributed by atoms with Crippen LogP contribution in [0.25, 0.3) is 0 Å². The van der Waals surface area contributed by atoms with Gasteiger partial charge in [-0.05, 0) is 25.3 Å². The zero-order valence-corrected chi connectivity index (χ0v) is 13.8. The molecule has 4 nitrogen and oxygen atoms in total. The molecule has 118 valence electrons. The number of rotatable bonds is 5. The van der Waals surface area contributed by atoms with Gasteiger partial charge in [-0.25, -0.2) is 0 Å². The molecule has 22 heavy (non-hydrogen) atoms. The molecule has 0 saturated heterocycles. The Bertz CT molecular complexity index is 593. The Hall–Kier alpha value is -1.33. The topological polar surface area (TPSA) is 50.9 Å². The average molecular weight is 317 g/mol. The molecule has 1 aromatic carbocycles. The number of hydrogen-bond donors (Lipinski definition) is 1. The molecule has 2 aromatic rings. The third-order valence-electron chi connectivity index (χ3n) is 4.33. The van der Waals surface area contributed by atoms with Crippen molar-refractivity contribution in [1.29, 1.82) is 0 Å². The van der Waals surface area contributed by atoms with Gasteiger partial charge >= 0.3 is 0 Å². The van der Waals surface area contributed by atoms with Gasteiger partial charge < -0.3 is 9.67 Å². The molecule has 0 aliphatic heterocycles. The molecule has 1 N–H and O–H groups in total. The van der Waals surface area contributed by atoms with Crippen LogP contribution in [0.4, 0.5) is 0 Å². The summed E-state index contributed by atoms with van der Waals surface area (Å²) in [5.41, 5.74) is 0.954. The van der Waals surface area contributed by atoms with Crippen molar-refractivity contribution in [2.45, 2.75) is 56.3 Å². The first-order valence-corrected chi connectivity index (χ1v) is 9.01. The number of aryl methyl sites for hydroxylation is 1. The summed E-state index contributed by atoms with van der Waals surface area (Å²) in [6.45, 7) is 2.03. The maximum absolute atomic E-state index is 10.3. The molecule has 1 aliphatic carbocycles. The highest BCUT2D eigenvalue weighted by Gasteiger charge is 2.22. The zero-order chi connectivity index (χ0) is 15.4. The van der Waals surface area contributed by atoms with E-state index >= 15 is 0 Å². The van der Waals surface area contributed by atoms with Crippen molar-refractivity contribution >= 4 is 11.8 Å². The zero-order valence-electron chi connectivity index (χ0n) is 13.0. The van der Waals surface area contributed by atoms with Gasteiger partial charge in [-0.15, -0.1) is 10.2 Å². The van der Waals surface area contributed by atoms with Gasteiger partial charge in [0.2, 0.25) is 0 Å². The summed E-state index contributed by atoms with van der Waals surface area (Å²) in [5, 5.41) is 19.8. The van der Waals surface area contributed by atoms with Crippen molar-refractivity contribution < 1.29 is 5.11 Å². The van der Waals surface area contributed by atoms with Crippen LogP contribution < -0.4 is 0 Å². The van der Waals surface area contributed by atoms with E-state index in [0.717, 1.165) is 16.5 Å². The summed E-state index contributed by atoms with van der Waals surface area (Å²) < 4.78 is 2.28. The Morgan fingerprint density at radius 2 is 1.91 bits per heavy atom. The van der Waals surface area contributed by atoms with Gasteiger partial charge in [-0.1, -0.05) is 61.4 Å². The molecule has 1 saturated carbocycles. The highest BCUT2D eigenvalue weighted by atomic mass is 32.2. The minimum absolute atomic E-state index is 0.469. The van der Waals surface area contributed by atoms with Crippen LogP contribution in [0.15, 0.2) is 35.5 Å². The molecule has 5 heteroatoms. The molecule has 0 radical (unpaired) electrons. The number of aliphatic hydroxyl groups excluding tert-OH is 1. The van der Waals surface area contributed by atoms with Crippen LogP contribution >= 0.6 is 11.8 Å². The lowest BCUT2D eigenvalue weighted by Gasteiger charge is -2.25. The van der Waals surface area contributed by atoms with Gasteiger partial charge in [0.25, 0.3) is 0 Å². The van der Waals surface area contributed by atoms with Crippen LogP contribution in [0.1, 0.15) is 55.6 Å². The first-order valence-electron chi connectivity index (χ1n) is 8.03. The van der Waals surface area contributed by atoms with Gasteiger partial charge in [0.1, 0.15) is 5.82 Å². The number of thioether (sulfide) groups is 1. The fourth-order valence-electron chi connectivity index (χ4n) is 3.13. The maximum Gasteiger partial charge on any atom is 0.191 e. The lowest BCUT2D eigenvalue weighted by molar-refractivity contribution is 0.204. The first-order chi connectivity index (χ1) is 10.8. The van der Waals surface area contributed by atoms with E-state index in [1.54, 1.807) is 11.8 Å². The molecular formula is C17H23N3OS. The highest BCUT2D eigenvalue weighted by Crippen LogP contribution is 2.33. The lowest BCUT2D eigenvalue weighted by Crippen LogP contribution is -2.15. The molecule has 0 amide bonds. The Labute approximate surface area is 136 Å². The Morgan fingerprint density at radius 1 is 1.18 bits per heavy atom. The normalized spacial score (nSPS) is 17.5. The summed E-state index contributed by atoms with van der Waals surface area (Å²) >= 11 is 1.60. The number of aromatic nitrogens is 3.